The van der Waals surface area contributed by atoms with Crippen molar-refractivity contribution in [2.24, 2.45) is 10.8 Å². The van der Waals surface area contributed by atoms with Crippen LogP contribution in [0, 0.1) is 10.8 Å². The number of nitrogens with zero attached hydrogens (tertiary/aromatic N) is 1. The van der Waals surface area contributed by atoms with Gasteiger partial charge in [-0.15, -0.1) is 0 Å². The normalized spacial score (nSPS) is 30.5. The van der Waals surface area contributed by atoms with Gasteiger partial charge in [0.05, 0.1) is 0 Å². The summed E-state index contributed by atoms with van der Waals surface area (Å²) in [7, 11) is 2.27. The molecule has 0 radical (unpaired) electrons. The molecule has 0 N–H and O–H groups in total. The SMILES string of the molecule is C=C(CC)C1(CC)C=CC1(C)N(C)CC(C)(C)CC. The van der Waals surface area contributed by atoms with Gasteiger partial charge in [0.25, 0.3) is 0 Å². The first-order chi connectivity index (χ1) is 8.69. The van der Waals surface area contributed by atoms with Crippen LogP contribution in [-0.2, 0) is 0 Å². The maximum Gasteiger partial charge on any atom is 0.0488 e. The van der Waals surface area contributed by atoms with Gasteiger partial charge in [-0.1, -0.05) is 58.9 Å². The average Bonchev–Trinajstić information content (AvgIpc) is 2.36. The molecule has 0 saturated heterocycles. The van der Waals surface area contributed by atoms with Crippen molar-refractivity contribution in [1.29, 1.82) is 0 Å². The number of hydrogen-bond donors (Lipinski definition) is 0. The highest BCUT2D eigenvalue weighted by atomic mass is 15.2. The Morgan fingerprint density at radius 1 is 1.21 bits per heavy atom. The summed E-state index contributed by atoms with van der Waals surface area (Å²) < 4.78 is 0. The van der Waals surface area contributed by atoms with Gasteiger partial charge in [0.1, 0.15) is 0 Å². The zero-order valence-electron chi connectivity index (χ0n) is 14.1. The molecule has 0 aromatic rings. The smallest absolute Gasteiger partial charge is 0.0488 e. The summed E-state index contributed by atoms with van der Waals surface area (Å²) in [5.41, 5.74) is 2.04. The average molecular weight is 263 g/mol. The lowest BCUT2D eigenvalue weighted by Gasteiger charge is -2.58. The van der Waals surface area contributed by atoms with Crippen molar-refractivity contribution < 1.29 is 0 Å². The van der Waals surface area contributed by atoms with Crippen LogP contribution in [0.4, 0.5) is 0 Å². The quantitative estimate of drug-likeness (QED) is 0.581. The summed E-state index contributed by atoms with van der Waals surface area (Å²) >= 11 is 0. The van der Waals surface area contributed by atoms with Gasteiger partial charge in [-0.3, -0.25) is 4.90 Å². The molecule has 0 aromatic carbocycles. The van der Waals surface area contributed by atoms with Crippen molar-refractivity contribution >= 4 is 0 Å². The molecule has 0 fully saturated rings. The Morgan fingerprint density at radius 3 is 2.11 bits per heavy atom. The number of hydrogen-bond acceptors (Lipinski definition) is 1. The summed E-state index contributed by atoms with van der Waals surface area (Å²) in [5, 5.41) is 0. The molecule has 1 rings (SSSR count). The first kappa shape index (κ1) is 16.5. The van der Waals surface area contributed by atoms with E-state index < -0.39 is 0 Å². The van der Waals surface area contributed by atoms with E-state index in [4.69, 9.17) is 0 Å². The van der Waals surface area contributed by atoms with Crippen LogP contribution in [0.1, 0.15) is 60.8 Å². The molecule has 2 unspecified atom stereocenters. The molecule has 0 spiro atoms. The Bertz CT molecular complexity index is 366. The fraction of sp³-hybridized carbons (Fsp3) is 0.778. The van der Waals surface area contributed by atoms with Crippen LogP contribution < -0.4 is 0 Å². The van der Waals surface area contributed by atoms with Gasteiger partial charge >= 0.3 is 0 Å². The van der Waals surface area contributed by atoms with Crippen LogP contribution in [0.25, 0.3) is 0 Å². The molecular weight excluding hydrogens is 230 g/mol. The lowest BCUT2D eigenvalue weighted by atomic mass is 9.55. The van der Waals surface area contributed by atoms with Crippen LogP contribution in [0.5, 0.6) is 0 Å². The Balaban J connectivity index is 2.99. The van der Waals surface area contributed by atoms with Crippen molar-refractivity contribution in [2.45, 2.75) is 66.3 Å². The summed E-state index contributed by atoms with van der Waals surface area (Å²) in [6.07, 6.45) is 8.19. The predicted molar refractivity (Wildman–Crippen MR) is 86.4 cm³/mol. The van der Waals surface area contributed by atoms with Gasteiger partial charge in [0.15, 0.2) is 0 Å². The molecule has 0 aliphatic heterocycles. The Hall–Kier alpha value is -0.560. The van der Waals surface area contributed by atoms with E-state index in [1.165, 1.54) is 12.0 Å². The second-order valence-corrected chi connectivity index (χ2v) is 7.14. The molecule has 1 aliphatic carbocycles. The van der Waals surface area contributed by atoms with E-state index >= 15 is 0 Å². The van der Waals surface area contributed by atoms with Gasteiger partial charge in [-0.25, -0.2) is 0 Å². The largest absolute Gasteiger partial charge is 0.296 e. The molecule has 0 amide bonds. The van der Waals surface area contributed by atoms with E-state index in [1.54, 1.807) is 0 Å². The number of likely N-dealkylation sites (N-methyl/N-ethyl adjacent to an activating group) is 1. The first-order valence-electron chi connectivity index (χ1n) is 7.79. The van der Waals surface area contributed by atoms with E-state index in [0.29, 0.717) is 5.41 Å². The van der Waals surface area contributed by atoms with Gasteiger partial charge < -0.3 is 0 Å². The summed E-state index contributed by atoms with van der Waals surface area (Å²) in [6, 6.07) is 0. The highest BCUT2D eigenvalue weighted by Gasteiger charge is 2.53. The second kappa shape index (κ2) is 5.44. The van der Waals surface area contributed by atoms with Crippen LogP contribution in [-0.4, -0.2) is 24.0 Å². The molecule has 0 heterocycles. The van der Waals surface area contributed by atoms with E-state index in [9.17, 15) is 0 Å². The molecule has 1 heteroatoms. The Kier molecular flexibility index (Phi) is 4.72. The first-order valence-corrected chi connectivity index (χ1v) is 7.79. The van der Waals surface area contributed by atoms with Crippen molar-refractivity contribution in [1.82, 2.24) is 4.90 Å². The fourth-order valence-electron chi connectivity index (χ4n) is 3.43. The van der Waals surface area contributed by atoms with Crippen molar-refractivity contribution in [3.8, 4) is 0 Å². The van der Waals surface area contributed by atoms with Crippen LogP contribution >= 0.6 is 0 Å². The van der Waals surface area contributed by atoms with Gasteiger partial charge in [0.2, 0.25) is 0 Å². The second-order valence-electron chi connectivity index (χ2n) is 7.14. The lowest BCUT2D eigenvalue weighted by Crippen LogP contribution is -2.61. The maximum absolute atomic E-state index is 4.35. The van der Waals surface area contributed by atoms with E-state index in [-0.39, 0.29) is 11.0 Å². The minimum absolute atomic E-state index is 0.126. The van der Waals surface area contributed by atoms with Gasteiger partial charge in [-0.05, 0) is 38.6 Å². The topological polar surface area (TPSA) is 3.24 Å². The molecule has 2 atom stereocenters. The van der Waals surface area contributed by atoms with Gasteiger partial charge in [0, 0.05) is 17.5 Å². The zero-order valence-corrected chi connectivity index (χ0v) is 14.1. The minimum atomic E-state index is 0.126. The monoisotopic (exact) mass is 263 g/mol. The standard InChI is InChI=1S/C18H33N/c1-9-15(4)18(11-3)13-12-17(18,7)19(8)14-16(5,6)10-2/h12-13H,4,9-11,14H2,1-3,5-8H3. The third-order valence-corrected chi connectivity index (χ3v) is 5.63. The third-order valence-electron chi connectivity index (χ3n) is 5.63. The maximum atomic E-state index is 4.35. The molecular formula is C18H33N. The molecule has 110 valence electrons. The fourth-order valence-corrected chi connectivity index (χ4v) is 3.43. The Labute approximate surface area is 120 Å². The molecule has 0 bridgehead atoms. The Morgan fingerprint density at radius 2 is 1.79 bits per heavy atom. The summed E-state index contributed by atoms with van der Waals surface area (Å²) in [5.74, 6) is 0. The number of rotatable bonds is 7. The third kappa shape index (κ3) is 2.54. The van der Waals surface area contributed by atoms with Crippen LogP contribution in [0.2, 0.25) is 0 Å². The van der Waals surface area contributed by atoms with E-state index in [2.05, 4.69) is 72.2 Å². The molecule has 1 aliphatic rings. The molecule has 19 heavy (non-hydrogen) atoms. The van der Waals surface area contributed by atoms with E-state index in [0.717, 1.165) is 19.4 Å². The van der Waals surface area contributed by atoms with Crippen LogP contribution in [0.3, 0.4) is 0 Å². The van der Waals surface area contributed by atoms with E-state index in [1.807, 2.05) is 0 Å². The summed E-state index contributed by atoms with van der Waals surface area (Å²) in [6.45, 7) is 19.4. The van der Waals surface area contributed by atoms with Crippen molar-refractivity contribution in [2.75, 3.05) is 13.6 Å². The lowest BCUT2D eigenvalue weighted by molar-refractivity contribution is 0.0296. The molecule has 1 nitrogen and oxygen atoms in total. The molecule has 0 aromatic heterocycles. The highest BCUT2D eigenvalue weighted by Crippen LogP contribution is 2.54. The van der Waals surface area contributed by atoms with Crippen molar-refractivity contribution in [3.63, 3.8) is 0 Å². The van der Waals surface area contributed by atoms with Gasteiger partial charge in [-0.2, -0.15) is 0 Å². The molecule has 0 saturated carbocycles. The van der Waals surface area contributed by atoms with Crippen molar-refractivity contribution in [3.05, 3.63) is 24.3 Å². The predicted octanol–water partition coefficient (Wildman–Crippen LogP) is 5.05. The summed E-state index contributed by atoms with van der Waals surface area (Å²) in [4.78, 5) is 2.54. The van der Waals surface area contributed by atoms with Crippen LogP contribution in [0.15, 0.2) is 24.3 Å². The zero-order chi connectivity index (χ0) is 14.9. The highest BCUT2D eigenvalue weighted by molar-refractivity contribution is 5.40. The minimum Gasteiger partial charge on any atom is -0.296 e.